The average molecular weight is 402 g/mol. The molecule has 3 rings (SSSR count). The van der Waals surface area contributed by atoms with Crippen molar-refractivity contribution in [3.8, 4) is 0 Å². The Morgan fingerprint density at radius 3 is 2.27 bits per heavy atom. The fourth-order valence-corrected chi connectivity index (χ4v) is 4.74. The molecule has 0 radical (unpaired) electrons. The van der Waals surface area contributed by atoms with Gasteiger partial charge in [0, 0.05) is 31.2 Å². The molecule has 1 aliphatic carbocycles. The van der Waals surface area contributed by atoms with E-state index in [-0.39, 0.29) is 29.3 Å². The van der Waals surface area contributed by atoms with E-state index in [0.29, 0.717) is 37.0 Å². The summed E-state index contributed by atoms with van der Waals surface area (Å²) in [5.41, 5.74) is 6.18. The van der Waals surface area contributed by atoms with E-state index in [2.05, 4.69) is 12.2 Å². The standard InChI is InChI=1S/C18H27N3O3S.ClH/c1-13-8-10-21(11-9-13)25(23,24)16-6-4-15(5-7-16)18(22)20-17(12-19)14-2-3-14;/h4-7,13-14,17H,2-3,8-12,19H2,1H3,(H,20,22);1H. The minimum Gasteiger partial charge on any atom is -0.348 e. The van der Waals surface area contributed by atoms with Gasteiger partial charge in [-0.05, 0) is 61.8 Å². The van der Waals surface area contributed by atoms with Crippen LogP contribution in [0.5, 0.6) is 0 Å². The predicted molar refractivity (Wildman–Crippen MR) is 104 cm³/mol. The van der Waals surface area contributed by atoms with Gasteiger partial charge >= 0.3 is 0 Å². The third kappa shape index (κ3) is 4.76. The number of rotatable bonds is 6. The summed E-state index contributed by atoms with van der Waals surface area (Å²) in [5.74, 6) is 0.854. The number of nitrogens with two attached hydrogens (primary N) is 1. The lowest BCUT2D eigenvalue weighted by molar-refractivity contribution is 0.0933. The number of piperidine rings is 1. The van der Waals surface area contributed by atoms with Gasteiger partial charge in [-0.3, -0.25) is 4.79 Å². The zero-order valence-corrected chi connectivity index (χ0v) is 16.7. The van der Waals surface area contributed by atoms with Gasteiger partial charge in [-0.1, -0.05) is 6.92 Å². The summed E-state index contributed by atoms with van der Waals surface area (Å²) in [6, 6.07) is 6.21. The Kier molecular flexibility index (Phi) is 7.07. The van der Waals surface area contributed by atoms with Crippen molar-refractivity contribution in [2.45, 2.75) is 43.5 Å². The number of hydrogen-bond acceptors (Lipinski definition) is 4. The molecule has 146 valence electrons. The lowest BCUT2D eigenvalue weighted by atomic mass is 10.0. The number of benzene rings is 1. The number of hydrogen-bond donors (Lipinski definition) is 2. The van der Waals surface area contributed by atoms with Crippen LogP contribution in [0.3, 0.4) is 0 Å². The van der Waals surface area contributed by atoms with E-state index in [4.69, 9.17) is 5.73 Å². The third-order valence-corrected chi connectivity index (χ3v) is 7.17. The highest BCUT2D eigenvalue weighted by Gasteiger charge is 2.32. The topological polar surface area (TPSA) is 92.5 Å². The SMILES string of the molecule is CC1CCN(S(=O)(=O)c2ccc(C(=O)NC(CN)C3CC3)cc2)CC1.Cl. The summed E-state index contributed by atoms with van der Waals surface area (Å²) >= 11 is 0. The van der Waals surface area contributed by atoms with Crippen LogP contribution in [0.25, 0.3) is 0 Å². The number of halogens is 1. The first-order valence-corrected chi connectivity index (χ1v) is 10.5. The molecule has 1 saturated carbocycles. The Labute approximate surface area is 162 Å². The van der Waals surface area contributed by atoms with Gasteiger partial charge in [0.05, 0.1) is 4.90 Å². The molecular formula is C18H28ClN3O3S. The Balaban J connectivity index is 0.00000243. The summed E-state index contributed by atoms with van der Waals surface area (Å²) in [5, 5.41) is 2.95. The highest BCUT2D eigenvalue weighted by Crippen LogP contribution is 2.32. The summed E-state index contributed by atoms with van der Waals surface area (Å²) in [7, 11) is -3.48. The van der Waals surface area contributed by atoms with Crippen LogP contribution < -0.4 is 11.1 Å². The lowest BCUT2D eigenvalue weighted by Crippen LogP contribution is -2.41. The van der Waals surface area contributed by atoms with Crippen molar-refractivity contribution in [2.24, 2.45) is 17.6 Å². The molecule has 0 aromatic heterocycles. The minimum absolute atomic E-state index is 0. The smallest absolute Gasteiger partial charge is 0.251 e. The molecule has 0 bridgehead atoms. The number of nitrogens with one attached hydrogen (secondary N) is 1. The van der Waals surface area contributed by atoms with Crippen LogP contribution in [0.1, 0.15) is 43.0 Å². The average Bonchev–Trinajstić information content (AvgIpc) is 3.45. The maximum absolute atomic E-state index is 12.7. The van der Waals surface area contributed by atoms with Gasteiger partial charge in [0.15, 0.2) is 0 Å². The Morgan fingerprint density at radius 2 is 1.77 bits per heavy atom. The molecule has 1 aliphatic heterocycles. The van der Waals surface area contributed by atoms with Gasteiger partial charge in [-0.15, -0.1) is 12.4 Å². The quantitative estimate of drug-likeness (QED) is 0.762. The van der Waals surface area contributed by atoms with Crippen molar-refractivity contribution in [1.82, 2.24) is 9.62 Å². The maximum Gasteiger partial charge on any atom is 0.251 e. The lowest BCUT2D eigenvalue weighted by Gasteiger charge is -2.29. The van der Waals surface area contributed by atoms with Crippen LogP contribution in [0, 0.1) is 11.8 Å². The second kappa shape index (κ2) is 8.69. The van der Waals surface area contributed by atoms with E-state index in [9.17, 15) is 13.2 Å². The monoisotopic (exact) mass is 401 g/mol. The molecule has 1 aromatic rings. The molecular weight excluding hydrogens is 374 g/mol. The minimum atomic E-state index is -3.48. The van der Waals surface area contributed by atoms with Gasteiger partial charge < -0.3 is 11.1 Å². The zero-order valence-electron chi connectivity index (χ0n) is 15.1. The van der Waals surface area contributed by atoms with Crippen molar-refractivity contribution < 1.29 is 13.2 Å². The van der Waals surface area contributed by atoms with Crippen LogP contribution in [0.15, 0.2) is 29.2 Å². The molecule has 26 heavy (non-hydrogen) atoms. The van der Waals surface area contributed by atoms with Crippen LogP contribution in [-0.4, -0.2) is 44.3 Å². The summed E-state index contributed by atoms with van der Waals surface area (Å²) < 4.78 is 27.0. The predicted octanol–water partition coefficient (Wildman–Crippen LogP) is 2.00. The van der Waals surface area contributed by atoms with E-state index in [1.165, 1.54) is 12.1 Å². The number of nitrogens with zero attached hydrogens (tertiary/aromatic N) is 1. The maximum atomic E-state index is 12.7. The van der Waals surface area contributed by atoms with E-state index in [1.54, 1.807) is 16.4 Å². The van der Waals surface area contributed by atoms with E-state index < -0.39 is 10.0 Å². The normalized spacial score (nSPS) is 20.2. The van der Waals surface area contributed by atoms with Crippen molar-refractivity contribution in [3.05, 3.63) is 29.8 Å². The van der Waals surface area contributed by atoms with E-state index in [1.807, 2.05) is 0 Å². The molecule has 1 heterocycles. The van der Waals surface area contributed by atoms with Crippen LogP contribution >= 0.6 is 12.4 Å². The molecule has 2 aliphatic rings. The van der Waals surface area contributed by atoms with Crippen LogP contribution in [0.4, 0.5) is 0 Å². The highest BCUT2D eigenvalue weighted by atomic mass is 35.5. The van der Waals surface area contributed by atoms with Crippen molar-refractivity contribution >= 4 is 28.3 Å². The first-order valence-electron chi connectivity index (χ1n) is 9.03. The number of carbonyl (C=O) groups excluding carboxylic acids is 1. The molecule has 1 unspecified atom stereocenters. The van der Waals surface area contributed by atoms with Crippen molar-refractivity contribution in [2.75, 3.05) is 19.6 Å². The summed E-state index contributed by atoms with van der Waals surface area (Å²) in [4.78, 5) is 12.6. The fourth-order valence-electron chi connectivity index (χ4n) is 3.27. The van der Waals surface area contributed by atoms with Crippen molar-refractivity contribution in [3.63, 3.8) is 0 Å². The highest BCUT2D eigenvalue weighted by molar-refractivity contribution is 7.89. The molecule has 6 nitrogen and oxygen atoms in total. The third-order valence-electron chi connectivity index (χ3n) is 5.26. The van der Waals surface area contributed by atoms with Gasteiger partial charge in [0.2, 0.25) is 10.0 Å². The zero-order chi connectivity index (χ0) is 18.0. The second-order valence-electron chi connectivity index (χ2n) is 7.26. The van der Waals surface area contributed by atoms with Gasteiger partial charge in [-0.25, -0.2) is 8.42 Å². The fraction of sp³-hybridized carbons (Fsp3) is 0.611. The van der Waals surface area contributed by atoms with E-state index in [0.717, 1.165) is 25.7 Å². The molecule has 8 heteroatoms. The molecule has 0 spiro atoms. The largest absolute Gasteiger partial charge is 0.348 e. The summed E-state index contributed by atoms with van der Waals surface area (Å²) in [6.45, 7) is 3.69. The molecule has 1 atom stereocenters. The molecule has 1 amide bonds. The number of amides is 1. The van der Waals surface area contributed by atoms with Crippen LogP contribution in [0.2, 0.25) is 0 Å². The number of sulfonamides is 1. The second-order valence-corrected chi connectivity index (χ2v) is 9.20. The molecule has 1 saturated heterocycles. The van der Waals surface area contributed by atoms with Gasteiger partial charge in [-0.2, -0.15) is 4.31 Å². The molecule has 3 N–H and O–H groups in total. The Morgan fingerprint density at radius 1 is 1.19 bits per heavy atom. The van der Waals surface area contributed by atoms with Gasteiger partial charge in [0.1, 0.15) is 0 Å². The van der Waals surface area contributed by atoms with Crippen molar-refractivity contribution in [1.29, 1.82) is 0 Å². The Bertz CT molecular complexity index is 712. The summed E-state index contributed by atoms with van der Waals surface area (Å²) in [6.07, 6.45) is 3.99. The first-order chi connectivity index (χ1) is 11.9. The van der Waals surface area contributed by atoms with E-state index >= 15 is 0 Å². The molecule has 1 aromatic carbocycles. The number of carbonyl (C=O) groups is 1. The van der Waals surface area contributed by atoms with Crippen LogP contribution in [-0.2, 0) is 10.0 Å². The van der Waals surface area contributed by atoms with Gasteiger partial charge in [0.25, 0.3) is 5.91 Å². The first kappa shape index (κ1) is 21.2. The molecule has 2 fully saturated rings. The Hall–Kier alpha value is -1.15.